The standard InChI is InChI=1S/C17H19ClN4/c1-2-3-9-13-10-14-15(16(19)21-17(18)20-14)22(13)11-12-7-5-4-6-8-12/h4-8,10H,2-3,9,11H2,1H3,(H2,19,20,21). The summed E-state index contributed by atoms with van der Waals surface area (Å²) in [5.74, 6) is 0.439. The van der Waals surface area contributed by atoms with E-state index in [0.717, 1.165) is 36.8 Å². The van der Waals surface area contributed by atoms with E-state index in [1.807, 2.05) is 18.2 Å². The average molecular weight is 315 g/mol. The van der Waals surface area contributed by atoms with Crippen molar-refractivity contribution in [2.24, 2.45) is 0 Å². The molecular formula is C17H19ClN4. The second kappa shape index (κ2) is 6.36. The molecule has 2 heterocycles. The molecule has 4 nitrogen and oxygen atoms in total. The van der Waals surface area contributed by atoms with Gasteiger partial charge in [0, 0.05) is 12.2 Å². The molecule has 0 unspecified atom stereocenters. The molecule has 0 spiro atoms. The summed E-state index contributed by atoms with van der Waals surface area (Å²) < 4.78 is 2.21. The van der Waals surface area contributed by atoms with Gasteiger partial charge in [-0.05, 0) is 36.1 Å². The maximum absolute atomic E-state index is 6.10. The third kappa shape index (κ3) is 2.92. The predicted molar refractivity (Wildman–Crippen MR) is 91.1 cm³/mol. The number of nitrogens with zero attached hydrogens (tertiary/aromatic N) is 3. The molecule has 0 aliphatic rings. The Morgan fingerprint density at radius 1 is 1.18 bits per heavy atom. The second-order valence-electron chi connectivity index (χ2n) is 5.42. The van der Waals surface area contributed by atoms with Crippen LogP contribution in [0.2, 0.25) is 5.28 Å². The zero-order valence-corrected chi connectivity index (χ0v) is 13.3. The first-order valence-corrected chi connectivity index (χ1v) is 7.92. The van der Waals surface area contributed by atoms with Gasteiger partial charge in [-0.25, -0.2) is 4.98 Å². The van der Waals surface area contributed by atoms with Crippen LogP contribution in [0.15, 0.2) is 36.4 Å². The maximum atomic E-state index is 6.10. The normalized spacial score (nSPS) is 11.2. The number of nitrogens with two attached hydrogens (primary N) is 1. The Morgan fingerprint density at radius 3 is 2.68 bits per heavy atom. The third-order valence-corrected chi connectivity index (χ3v) is 3.97. The van der Waals surface area contributed by atoms with E-state index in [0.29, 0.717) is 5.82 Å². The zero-order chi connectivity index (χ0) is 15.5. The summed E-state index contributed by atoms with van der Waals surface area (Å²) in [5, 5.41) is 0.198. The molecule has 0 saturated carbocycles. The lowest BCUT2D eigenvalue weighted by Gasteiger charge is -2.11. The molecule has 2 N–H and O–H groups in total. The topological polar surface area (TPSA) is 56.7 Å². The van der Waals surface area contributed by atoms with E-state index >= 15 is 0 Å². The Labute approximate surface area is 134 Å². The van der Waals surface area contributed by atoms with Gasteiger partial charge in [0.15, 0.2) is 5.82 Å². The van der Waals surface area contributed by atoms with Crippen molar-refractivity contribution in [2.45, 2.75) is 32.7 Å². The summed E-state index contributed by atoms with van der Waals surface area (Å²) in [6.45, 7) is 2.95. The lowest BCUT2D eigenvalue weighted by Crippen LogP contribution is -2.07. The van der Waals surface area contributed by atoms with E-state index in [1.54, 1.807) is 0 Å². The monoisotopic (exact) mass is 314 g/mol. The van der Waals surface area contributed by atoms with E-state index in [1.165, 1.54) is 11.3 Å². The first kappa shape index (κ1) is 14.9. The summed E-state index contributed by atoms with van der Waals surface area (Å²) in [7, 11) is 0. The molecule has 114 valence electrons. The van der Waals surface area contributed by atoms with Gasteiger partial charge in [0.1, 0.15) is 5.52 Å². The van der Waals surface area contributed by atoms with Crippen molar-refractivity contribution < 1.29 is 0 Å². The number of hydrogen-bond acceptors (Lipinski definition) is 3. The van der Waals surface area contributed by atoms with Crippen molar-refractivity contribution in [3.63, 3.8) is 0 Å². The van der Waals surface area contributed by atoms with Crippen molar-refractivity contribution in [2.75, 3.05) is 5.73 Å². The maximum Gasteiger partial charge on any atom is 0.225 e. The highest BCUT2D eigenvalue weighted by Gasteiger charge is 2.14. The van der Waals surface area contributed by atoms with Gasteiger partial charge in [-0.3, -0.25) is 0 Å². The van der Waals surface area contributed by atoms with E-state index in [-0.39, 0.29) is 5.28 Å². The number of benzene rings is 1. The van der Waals surface area contributed by atoms with E-state index in [9.17, 15) is 0 Å². The van der Waals surface area contributed by atoms with Crippen LogP contribution in [0.3, 0.4) is 0 Å². The number of fused-ring (bicyclic) bond motifs is 1. The lowest BCUT2D eigenvalue weighted by molar-refractivity contribution is 0.711. The highest BCUT2D eigenvalue weighted by atomic mass is 35.5. The SMILES string of the molecule is CCCCc1cc2nc(Cl)nc(N)c2n1Cc1ccccc1. The molecule has 3 aromatic rings. The summed E-state index contributed by atoms with van der Waals surface area (Å²) >= 11 is 5.94. The highest BCUT2D eigenvalue weighted by Crippen LogP contribution is 2.26. The van der Waals surface area contributed by atoms with Gasteiger partial charge in [-0.15, -0.1) is 0 Å². The molecule has 0 amide bonds. The fourth-order valence-electron chi connectivity index (χ4n) is 2.73. The van der Waals surface area contributed by atoms with Crippen molar-refractivity contribution in [3.8, 4) is 0 Å². The summed E-state index contributed by atoms with van der Waals surface area (Å²) in [6, 6.07) is 12.4. The van der Waals surface area contributed by atoms with Gasteiger partial charge < -0.3 is 10.3 Å². The third-order valence-electron chi connectivity index (χ3n) is 3.80. The van der Waals surface area contributed by atoms with Crippen LogP contribution in [-0.4, -0.2) is 14.5 Å². The minimum Gasteiger partial charge on any atom is -0.382 e. The Bertz CT molecular complexity index is 780. The van der Waals surface area contributed by atoms with Crippen molar-refractivity contribution >= 4 is 28.5 Å². The minimum atomic E-state index is 0.198. The van der Waals surface area contributed by atoms with Gasteiger partial charge in [0.2, 0.25) is 5.28 Å². The van der Waals surface area contributed by atoms with Gasteiger partial charge in [-0.2, -0.15) is 4.98 Å². The number of aryl methyl sites for hydroxylation is 1. The Hall–Kier alpha value is -2.07. The Kier molecular flexibility index (Phi) is 4.29. The van der Waals surface area contributed by atoms with Crippen LogP contribution in [0.4, 0.5) is 5.82 Å². The molecule has 2 aromatic heterocycles. The highest BCUT2D eigenvalue weighted by molar-refractivity contribution is 6.28. The van der Waals surface area contributed by atoms with Crippen LogP contribution in [0.25, 0.3) is 11.0 Å². The second-order valence-corrected chi connectivity index (χ2v) is 5.76. The van der Waals surface area contributed by atoms with Crippen LogP contribution < -0.4 is 5.73 Å². The van der Waals surface area contributed by atoms with E-state index in [4.69, 9.17) is 17.3 Å². The smallest absolute Gasteiger partial charge is 0.225 e. The fourth-order valence-corrected chi connectivity index (χ4v) is 2.91. The molecule has 22 heavy (non-hydrogen) atoms. The van der Waals surface area contributed by atoms with Gasteiger partial charge in [0.25, 0.3) is 0 Å². The quantitative estimate of drug-likeness (QED) is 0.723. The van der Waals surface area contributed by atoms with Crippen molar-refractivity contribution in [1.29, 1.82) is 0 Å². The Morgan fingerprint density at radius 2 is 1.95 bits per heavy atom. The molecule has 3 rings (SSSR count). The Balaban J connectivity index is 2.11. The van der Waals surface area contributed by atoms with Crippen LogP contribution in [0, 0.1) is 0 Å². The molecule has 0 fully saturated rings. The van der Waals surface area contributed by atoms with E-state index in [2.05, 4.69) is 39.7 Å². The summed E-state index contributed by atoms with van der Waals surface area (Å²) in [5.41, 5.74) is 10.2. The average Bonchev–Trinajstić information content (AvgIpc) is 2.84. The van der Waals surface area contributed by atoms with Gasteiger partial charge in [-0.1, -0.05) is 43.7 Å². The minimum absolute atomic E-state index is 0.198. The van der Waals surface area contributed by atoms with E-state index < -0.39 is 0 Å². The number of halogens is 1. The first-order valence-electron chi connectivity index (χ1n) is 7.54. The molecular weight excluding hydrogens is 296 g/mol. The summed E-state index contributed by atoms with van der Waals surface area (Å²) in [6.07, 6.45) is 3.28. The number of unbranched alkanes of at least 4 members (excludes halogenated alkanes) is 1. The van der Waals surface area contributed by atoms with Crippen LogP contribution in [-0.2, 0) is 13.0 Å². The molecule has 0 atom stereocenters. The molecule has 0 radical (unpaired) electrons. The fraction of sp³-hybridized carbons (Fsp3) is 0.294. The number of hydrogen-bond donors (Lipinski definition) is 1. The molecule has 0 bridgehead atoms. The number of nitrogen functional groups attached to an aromatic ring is 1. The van der Waals surface area contributed by atoms with Crippen LogP contribution in [0.1, 0.15) is 31.0 Å². The molecule has 1 aromatic carbocycles. The zero-order valence-electron chi connectivity index (χ0n) is 12.6. The first-order chi connectivity index (χ1) is 10.7. The molecule has 0 aliphatic carbocycles. The van der Waals surface area contributed by atoms with Crippen molar-refractivity contribution in [1.82, 2.24) is 14.5 Å². The molecule has 5 heteroatoms. The van der Waals surface area contributed by atoms with Crippen LogP contribution in [0.5, 0.6) is 0 Å². The number of rotatable bonds is 5. The lowest BCUT2D eigenvalue weighted by atomic mass is 10.2. The van der Waals surface area contributed by atoms with Crippen molar-refractivity contribution in [3.05, 3.63) is 52.9 Å². The van der Waals surface area contributed by atoms with Gasteiger partial charge in [0.05, 0.1) is 5.52 Å². The van der Waals surface area contributed by atoms with Crippen LogP contribution >= 0.6 is 11.6 Å². The predicted octanol–water partition coefficient (Wildman–Crippen LogP) is 4.06. The summed E-state index contributed by atoms with van der Waals surface area (Å²) in [4.78, 5) is 8.43. The number of aromatic nitrogens is 3. The molecule has 0 saturated heterocycles. The molecule has 0 aliphatic heterocycles. The largest absolute Gasteiger partial charge is 0.382 e. The van der Waals surface area contributed by atoms with Gasteiger partial charge >= 0.3 is 0 Å². The number of anilines is 1.